The zero-order valence-electron chi connectivity index (χ0n) is 12.6. The third kappa shape index (κ3) is 3.67. The van der Waals surface area contributed by atoms with Gasteiger partial charge in [0.15, 0.2) is 0 Å². The second kappa shape index (κ2) is 6.65. The van der Waals surface area contributed by atoms with Crippen LogP contribution in [0.3, 0.4) is 0 Å². The highest BCUT2D eigenvalue weighted by Crippen LogP contribution is 2.15. The van der Waals surface area contributed by atoms with Crippen molar-refractivity contribution in [2.24, 2.45) is 7.05 Å². The van der Waals surface area contributed by atoms with Gasteiger partial charge in [0.1, 0.15) is 12.1 Å². The molecule has 2 aromatic rings. The molecule has 22 heavy (non-hydrogen) atoms. The molecular formula is C15H20N6O. The van der Waals surface area contributed by atoms with Crippen molar-refractivity contribution in [2.75, 3.05) is 18.4 Å². The van der Waals surface area contributed by atoms with Gasteiger partial charge in [-0.1, -0.05) is 0 Å². The maximum atomic E-state index is 11.6. The third-order valence-corrected chi connectivity index (χ3v) is 3.94. The highest BCUT2D eigenvalue weighted by Gasteiger charge is 2.19. The largest absolute Gasteiger partial charge is 0.367 e. The number of nitrogens with zero attached hydrogens (tertiary/aromatic N) is 5. The fraction of sp³-hybridized carbons (Fsp3) is 0.467. The Morgan fingerprint density at radius 2 is 2.14 bits per heavy atom. The molecular weight excluding hydrogens is 280 g/mol. The first-order valence-corrected chi connectivity index (χ1v) is 7.47. The fourth-order valence-corrected chi connectivity index (χ4v) is 2.64. The molecule has 0 radical (unpaired) electrons. The normalized spacial score (nSPS) is 16.6. The number of hydrogen-bond acceptors (Lipinski definition) is 6. The molecule has 3 rings (SSSR count). The van der Waals surface area contributed by atoms with Crippen LogP contribution in [0.15, 0.2) is 35.8 Å². The number of aromatic nitrogens is 4. The first kappa shape index (κ1) is 14.6. The summed E-state index contributed by atoms with van der Waals surface area (Å²) in [5.41, 5.74) is 0.829. The van der Waals surface area contributed by atoms with Gasteiger partial charge in [0.2, 0.25) is 0 Å². The lowest BCUT2D eigenvalue weighted by Gasteiger charge is -2.32. The maximum absolute atomic E-state index is 11.6. The number of anilines is 1. The second-order valence-electron chi connectivity index (χ2n) is 5.62. The molecule has 116 valence electrons. The zero-order chi connectivity index (χ0) is 15.4. The monoisotopic (exact) mass is 300 g/mol. The second-order valence-corrected chi connectivity index (χ2v) is 5.62. The van der Waals surface area contributed by atoms with E-state index in [0.29, 0.717) is 6.04 Å². The van der Waals surface area contributed by atoms with E-state index in [9.17, 15) is 4.79 Å². The van der Waals surface area contributed by atoms with Crippen LogP contribution in [-0.4, -0.2) is 43.6 Å². The Hall–Kier alpha value is -2.28. The van der Waals surface area contributed by atoms with Gasteiger partial charge in [-0.15, -0.1) is 0 Å². The molecule has 0 aromatic carbocycles. The van der Waals surface area contributed by atoms with Crippen molar-refractivity contribution in [3.8, 4) is 0 Å². The first-order chi connectivity index (χ1) is 10.7. The Kier molecular flexibility index (Phi) is 4.43. The summed E-state index contributed by atoms with van der Waals surface area (Å²) >= 11 is 0. The Labute approximate surface area is 129 Å². The summed E-state index contributed by atoms with van der Waals surface area (Å²) in [6.07, 6.45) is 6.98. The van der Waals surface area contributed by atoms with E-state index in [1.165, 1.54) is 4.57 Å². The van der Waals surface area contributed by atoms with Crippen LogP contribution in [0.2, 0.25) is 0 Å². The molecule has 1 aliphatic rings. The van der Waals surface area contributed by atoms with Gasteiger partial charge >= 0.3 is 0 Å². The summed E-state index contributed by atoms with van der Waals surface area (Å²) in [5.74, 6) is 0.877. The van der Waals surface area contributed by atoms with Gasteiger partial charge in [0, 0.05) is 45.0 Å². The SMILES string of the molecule is Cn1cnc(CN2CCC(Nc3ccncn3)CC2)cc1=O. The van der Waals surface area contributed by atoms with Crippen molar-refractivity contribution < 1.29 is 0 Å². The smallest absolute Gasteiger partial charge is 0.253 e. The summed E-state index contributed by atoms with van der Waals surface area (Å²) in [4.78, 5) is 26.4. The van der Waals surface area contributed by atoms with E-state index in [1.54, 1.807) is 32.0 Å². The minimum atomic E-state index is -0.00897. The summed E-state index contributed by atoms with van der Waals surface area (Å²) in [5, 5.41) is 3.44. The van der Waals surface area contributed by atoms with Crippen molar-refractivity contribution in [3.63, 3.8) is 0 Å². The molecule has 0 bridgehead atoms. The van der Waals surface area contributed by atoms with Crippen LogP contribution in [0.1, 0.15) is 18.5 Å². The van der Waals surface area contributed by atoms with Gasteiger partial charge in [-0.2, -0.15) is 0 Å². The lowest BCUT2D eigenvalue weighted by Crippen LogP contribution is -2.39. The van der Waals surface area contributed by atoms with Crippen molar-refractivity contribution in [3.05, 3.63) is 47.0 Å². The molecule has 1 aliphatic heterocycles. The Bertz CT molecular complexity index is 663. The Morgan fingerprint density at radius 3 is 2.82 bits per heavy atom. The van der Waals surface area contributed by atoms with E-state index < -0.39 is 0 Å². The number of rotatable bonds is 4. The average molecular weight is 300 g/mol. The third-order valence-electron chi connectivity index (χ3n) is 3.94. The van der Waals surface area contributed by atoms with E-state index in [4.69, 9.17) is 0 Å². The van der Waals surface area contributed by atoms with Crippen LogP contribution in [0.25, 0.3) is 0 Å². The van der Waals surface area contributed by atoms with E-state index in [0.717, 1.165) is 44.0 Å². The van der Waals surface area contributed by atoms with Crippen molar-refractivity contribution in [1.82, 2.24) is 24.4 Å². The van der Waals surface area contributed by atoms with Gasteiger partial charge in [0.05, 0.1) is 12.0 Å². The fourth-order valence-electron chi connectivity index (χ4n) is 2.64. The van der Waals surface area contributed by atoms with Gasteiger partial charge in [-0.05, 0) is 18.9 Å². The summed E-state index contributed by atoms with van der Waals surface area (Å²) < 4.78 is 1.49. The molecule has 7 nitrogen and oxygen atoms in total. The minimum absolute atomic E-state index is 0.00897. The molecule has 0 aliphatic carbocycles. The molecule has 2 aromatic heterocycles. The number of nitrogens with one attached hydrogen (secondary N) is 1. The quantitative estimate of drug-likeness (QED) is 0.893. The summed E-state index contributed by atoms with van der Waals surface area (Å²) in [7, 11) is 1.71. The maximum Gasteiger partial charge on any atom is 0.253 e. The van der Waals surface area contributed by atoms with Crippen LogP contribution < -0.4 is 10.9 Å². The Balaban J connectivity index is 1.51. The molecule has 3 heterocycles. The van der Waals surface area contributed by atoms with Crippen molar-refractivity contribution >= 4 is 5.82 Å². The highest BCUT2D eigenvalue weighted by molar-refractivity contribution is 5.33. The number of aryl methyl sites for hydroxylation is 1. The molecule has 0 saturated carbocycles. The van der Waals surface area contributed by atoms with Crippen molar-refractivity contribution in [2.45, 2.75) is 25.4 Å². The van der Waals surface area contributed by atoms with E-state index in [2.05, 4.69) is 25.2 Å². The molecule has 0 spiro atoms. The van der Waals surface area contributed by atoms with Gasteiger partial charge < -0.3 is 9.88 Å². The predicted molar refractivity (Wildman–Crippen MR) is 83.4 cm³/mol. The molecule has 0 unspecified atom stereocenters. The Morgan fingerprint density at radius 1 is 1.32 bits per heavy atom. The molecule has 1 fully saturated rings. The van der Waals surface area contributed by atoms with Crippen LogP contribution in [0.5, 0.6) is 0 Å². The first-order valence-electron chi connectivity index (χ1n) is 7.47. The lowest BCUT2D eigenvalue weighted by molar-refractivity contribution is 0.208. The van der Waals surface area contributed by atoms with Crippen LogP contribution in [-0.2, 0) is 13.6 Å². The van der Waals surface area contributed by atoms with E-state index in [-0.39, 0.29) is 5.56 Å². The van der Waals surface area contributed by atoms with E-state index >= 15 is 0 Å². The molecule has 7 heteroatoms. The predicted octanol–water partition coefficient (Wildman–Crippen LogP) is 0.647. The lowest BCUT2D eigenvalue weighted by atomic mass is 10.0. The van der Waals surface area contributed by atoms with Gasteiger partial charge in [0.25, 0.3) is 5.56 Å². The zero-order valence-corrected chi connectivity index (χ0v) is 12.6. The molecule has 0 atom stereocenters. The number of likely N-dealkylation sites (tertiary alicyclic amines) is 1. The van der Waals surface area contributed by atoms with Crippen LogP contribution in [0, 0.1) is 0 Å². The van der Waals surface area contributed by atoms with E-state index in [1.807, 2.05) is 6.07 Å². The standard InChI is InChI=1S/C15H20N6O/c1-20-11-18-13(8-15(20)22)9-21-6-3-12(4-7-21)19-14-2-5-16-10-17-14/h2,5,8,10-12H,3-4,6-7,9H2,1H3,(H,16,17,19). The summed E-state index contributed by atoms with van der Waals surface area (Å²) in [6.45, 7) is 2.70. The molecule has 1 saturated heterocycles. The van der Waals surface area contributed by atoms with Crippen LogP contribution in [0.4, 0.5) is 5.82 Å². The minimum Gasteiger partial charge on any atom is -0.367 e. The number of piperidine rings is 1. The van der Waals surface area contributed by atoms with Crippen LogP contribution >= 0.6 is 0 Å². The topological polar surface area (TPSA) is 75.9 Å². The van der Waals surface area contributed by atoms with Gasteiger partial charge in [-0.3, -0.25) is 9.69 Å². The molecule has 1 N–H and O–H groups in total. The summed E-state index contributed by atoms with van der Waals surface area (Å²) in [6, 6.07) is 3.93. The average Bonchev–Trinajstić information content (AvgIpc) is 2.54. The molecule has 0 amide bonds. The van der Waals surface area contributed by atoms with Crippen molar-refractivity contribution in [1.29, 1.82) is 0 Å². The van der Waals surface area contributed by atoms with Gasteiger partial charge in [-0.25, -0.2) is 15.0 Å². The number of hydrogen-bond donors (Lipinski definition) is 1. The highest BCUT2D eigenvalue weighted by atomic mass is 16.1.